The number of para-hydroxylation sites is 1. The van der Waals surface area contributed by atoms with E-state index in [9.17, 15) is 0 Å². The van der Waals surface area contributed by atoms with Crippen LogP contribution in [0.2, 0.25) is 0 Å². The van der Waals surface area contributed by atoms with Crippen LogP contribution in [0.1, 0.15) is 0 Å². The minimum Gasteiger partial charge on any atom is -0.307 e. The second-order valence-corrected chi connectivity index (χ2v) is 8.51. The number of rotatable bonds is 3. The number of hydrogen-bond donors (Lipinski definition) is 1. The molecular formula is C19H13N3S3. The number of fused-ring (bicyclic) bond motifs is 4. The molecule has 5 aromatic rings. The fraction of sp³-hybridized carbons (Fsp3) is 0.0526. The SMILES string of the molecule is CSc1cccc2sc(Nc3nc4c(ccc5ccccc54)s3)nc12. The Hall–Kier alpha value is -2.15. The van der Waals surface area contributed by atoms with Gasteiger partial charge in [-0.3, -0.25) is 0 Å². The average molecular weight is 380 g/mol. The number of benzene rings is 3. The number of thiazole rings is 2. The van der Waals surface area contributed by atoms with Gasteiger partial charge in [-0.2, -0.15) is 0 Å². The van der Waals surface area contributed by atoms with Crippen LogP contribution in [-0.2, 0) is 0 Å². The van der Waals surface area contributed by atoms with Gasteiger partial charge in [0.2, 0.25) is 0 Å². The smallest absolute Gasteiger partial charge is 0.190 e. The molecular weight excluding hydrogens is 366 g/mol. The van der Waals surface area contributed by atoms with Crippen molar-refractivity contribution in [2.24, 2.45) is 0 Å². The fourth-order valence-electron chi connectivity index (χ4n) is 2.95. The van der Waals surface area contributed by atoms with Crippen molar-refractivity contribution >= 4 is 75.9 Å². The van der Waals surface area contributed by atoms with Crippen molar-refractivity contribution in [1.82, 2.24) is 9.97 Å². The molecule has 0 aliphatic carbocycles. The largest absolute Gasteiger partial charge is 0.307 e. The molecule has 0 fully saturated rings. The number of anilines is 2. The van der Waals surface area contributed by atoms with Crippen molar-refractivity contribution in [2.75, 3.05) is 11.6 Å². The molecule has 0 aliphatic rings. The molecule has 0 spiro atoms. The zero-order chi connectivity index (χ0) is 16.8. The molecule has 0 bridgehead atoms. The van der Waals surface area contributed by atoms with E-state index in [1.807, 2.05) is 0 Å². The first-order valence-corrected chi connectivity index (χ1v) is 10.7. The van der Waals surface area contributed by atoms with Crippen LogP contribution in [0.5, 0.6) is 0 Å². The van der Waals surface area contributed by atoms with Crippen LogP contribution in [-0.4, -0.2) is 16.2 Å². The lowest BCUT2D eigenvalue weighted by Gasteiger charge is -1.97. The van der Waals surface area contributed by atoms with Crippen LogP contribution < -0.4 is 5.32 Å². The van der Waals surface area contributed by atoms with Crippen molar-refractivity contribution in [3.63, 3.8) is 0 Å². The topological polar surface area (TPSA) is 37.8 Å². The van der Waals surface area contributed by atoms with E-state index < -0.39 is 0 Å². The van der Waals surface area contributed by atoms with E-state index >= 15 is 0 Å². The van der Waals surface area contributed by atoms with Gasteiger partial charge in [-0.05, 0) is 29.8 Å². The van der Waals surface area contributed by atoms with Gasteiger partial charge in [0.25, 0.3) is 0 Å². The molecule has 2 aromatic heterocycles. The van der Waals surface area contributed by atoms with Crippen molar-refractivity contribution in [3.8, 4) is 0 Å². The quantitative estimate of drug-likeness (QED) is 0.362. The van der Waals surface area contributed by atoms with Gasteiger partial charge in [0.15, 0.2) is 10.3 Å². The molecule has 2 heterocycles. The Morgan fingerprint density at radius 3 is 2.40 bits per heavy atom. The van der Waals surface area contributed by atoms with E-state index in [0.717, 1.165) is 21.3 Å². The highest BCUT2D eigenvalue weighted by Gasteiger charge is 2.11. The highest BCUT2D eigenvalue weighted by molar-refractivity contribution is 7.98. The maximum atomic E-state index is 4.82. The van der Waals surface area contributed by atoms with Gasteiger partial charge in [-0.15, -0.1) is 11.8 Å². The second kappa shape index (κ2) is 5.98. The average Bonchev–Trinajstić information content (AvgIpc) is 3.24. The molecule has 3 aromatic carbocycles. The lowest BCUT2D eigenvalue weighted by atomic mass is 10.1. The molecule has 5 rings (SSSR count). The molecule has 0 aliphatic heterocycles. The Bertz CT molecular complexity index is 1220. The summed E-state index contributed by atoms with van der Waals surface area (Å²) in [6.07, 6.45) is 2.08. The van der Waals surface area contributed by atoms with Crippen LogP contribution in [0.4, 0.5) is 10.3 Å². The van der Waals surface area contributed by atoms with E-state index in [1.54, 1.807) is 34.4 Å². The van der Waals surface area contributed by atoms with Gasteiger partial charge in [0, 0.05) is 10.3 Å². The van der Waals surface area contributed by atoms with E-state index in [4.69, 9.17) is 9.97 Å². The Balaban J connectivity index is 1.59. The van der Waals surface area contributed by atoms with Crippen molar-refractivity contribution < 1.29 is 0 Å². The molecule has 0 saturated heterocycles. The van der Waals surface area contributed by atoms with E-state index in [0.29, 0.717) is 0 Å². The van der Waals surface area contributed by atoms with Crippen LogP contribution in [0, 0.1) is 0 Å². The summed E-state index contributed by atoms with van der Waals surface area (Å²) in [6.45, 7) is 0. The zero-order valence-electron chi connectivity index (χ0n) is 13.3. The summed E-state index contributed by atoms with van der Waals surface area (Å²) in [7, 11) is 0. The standard InChI is InChI=1S/C19H13N3S3/c1-23-13-7-4-8-14-17(13)21-19(24-14)22-18-20-16-12-6-3-2-5-11(12)9-10-15(16)25-18/h2-10H,1H3,(H,20,21,22). The summed E-state index contributed by atoms with van der Waals surface area (Å²) in [5.41, 5.74) is 2.12. The molecule has 3 nitrogen and oxygen atoms in total. The number of nitrogens with zero attached hydrogens (tertiary/aromatic N) is 2. The number of nitrogens with one attached hydrogen (secondary N) is 1. The third-order valence-corrected chi connectivity index (χ3v) is 6.74. The lowest BCUT2D eigenvalue weighted by Crippen LogP contribution is -1.87. The Morgan fingerprint density at radius 2 is 1.56 bits per heavy atom. The van der Waals surface area contributed by atoms with Crippen molar-refractivity contribution in [2.45, 2.75) is 4.90 Å². The van der Waals surface area contributed by atoms with Crippen LogP contribution in [0.3, 0.4) is 0 Å². The zero-order valence-corrected chi connectivity index (χ0v) is 15.8. The minimum absolute atomic E-state index is 0.885. The molecule has 0 atom stereocenters. The predicted octanol–water partition coefficient (Wildman–Crippen LogP) is 6.52. The van der Waals surface area contributed by atoms with Gasteiger partial charge in [-0.1, -0.05) is 59.1 Å². The third-order valence-electron chi connectivity index (χ3n) is 4.10. The maximum absolute atomic E-state index is 4.82. The Kier molecular flexibility index (Phi) is 3.62. The number of hydrogen-bond acceptors (Lipinski definition) is 6. The van der Waals surface area contributed by atoms with Gasteiger partial charge in [-0.25, -0.2) is 9.97 Å². The van der Waals surface area contributed by atoms with Gasteiger partial charge in [0.1, 0.15) is 0 Å². The minimum atomic E-state index is 0.885. The number of aromatic nitrogens is 2. The highest BCUT2D eigenvalue weighted by atomic mass is 32.2. The summed E-state index contributed by atoms with van der Waals surface area (Å²) < 4.78 is 2.38. The first kappa shape index (κ1) is 15.1. The molecule has 6 heteroatoms. The van der Waals surface area contributed by atoms with Crippen LogP contribution in [0.25, 0.3) is 31.2 Å². The molecule has 0 radical (unpaired) electrons. The Labute approximate surface area is 156 Å². The van der Waals surface area contributed by atoms with Gasteiger partial charge >= 0.3 is 0 Å². The number of thioether (sulfide) groups is 1. The first-order chi connectivity index (χ1) is 12.3. The van der Waals surface area contributed by atoms with Crippen molar-refractivity contribution in [1.29, 1.82) is 0 Å². The van der Waals surface area contributed by atoms with Gasteiger partial charge in [0.05, 0.1) is 20.4 Å². The van der Waals surface area contributed by atoms with E-state index in [-0.39, 0.29) is 0 Å². The summed E-state index contributed by atoms with van der Waals surface area (Å²) >= 11 is 5.06. The lowest BCUT2D eigenvalue weighted by molar-refractivity contribution is 1.37. The highest BCUT2D eigenvalue weighted by Crippen LogP contribution is 2.36. The molecule has 25 heavy (non-hydrogen) atoms. The monoisotopic (exact) mass is 379 g/mol. The summed E-state index contributed by atoms with van der Waals surface area (Å²) in [6, 6.07) is 19.0. The molecule has 0 amide bonds. The predicted molar refractivity (Wildman–Crippen MR) is 112 cm³/mol. The van der Waals surface area contributed by atoms with E-state index in [2.05, 4.69) is 66.2 Å². The summed E-state index contributed by atoms with van der Waals surface area (Å²) in [4.78, 5) is 10.8. The van der Waals surface area contributed by atoms with Crippen LogP contribution >= 0.6 is 34.4 Å². The normalized spacial score (nSPS) is 11.6. The third kappa shape index (κ3) is 2.57. The molecule has 0 saturated carbocycles. The maximum Gasteiger partial charge on any atom is 0.190 e. The molecule has 1 N–H and O–H groups in total. The van der Waals surface area contributed by atoms with E-state index in [1.165, 1.54) is 25.1 Å². The molecule has 122 valence electrons. The molecule has 0 unspecified atom stereocenters. The second-order valence-electron chi connectivity index (χ2n) is 5.60. The van der Waals surface area contributed by atoms with Gasteiger partial charge < -0.3 is 5.32 Å². The summed E-state index contributed by atoms with van der Waals surface area (Å²) in [5, 5.41) is 7.59. The summed E-state index contributed by atoms with van der Waals surface area (Å²) in [5.74, 6) is 0. The Morgan fingerprint density at radius 1 is 0.800 bits per heavy atom. The van der Waals surface area contributed by atoms with Crippen molar-refractivity contribution in [3.05, 3.63) is 54.6 Å². The fourth-order valence-corrected chi connectivity index (χ4v) is 5.41. The van der Waals surface area contributed by atoms with Crippen LogP contribution in [0.15, 0.2) is 59.5 Å². The first-order valence-electron chi connectivity index (χ1n) is 7.81.